The topological polar surface area (TPSA) is 84.2 Å². The summed E-state index contributed by atoms with van der Waals surface area (Å²) in [5.74, 6) is 0. The lowest BCUT2D eigenvalue weighted by molar-refractivity contribution is -0.188. The van der Waals surface area contributed by atoms with Crippen LogP contribution in [0, 0.1) is 0 Å². The van der Waals surface area contributed by atoms with Crippen LogP contribution in [0.25, 0.3) is 0 Å². The van der Waals surface area contributed by atoms with E-state index in [1.807, 2.05) is 23.1 Å². The van der Waals surface area contributed by atoms with Crippen molar-refractivity contribution in [2.75, 3.05) is 19.7 Å². The summed E-state index contributed by atoms with van der Waals surface area (Å²) in [6.07, 6.45) is -0.620. The molecule has 118 valence electrons. The Labute approximate surface area is 125 Å². The molecule has 5 nitrogen and oxygen atoms in total. The summed E-state index contributed by atoms with van der Waals surface area (Å²) in [5, 5.41) is 39.6. The third-order valence-corrected chi connectivity index (χ3v) is 4.29. The van der Waals surface area contributed by atoms with Crippen LogP contribution in [0.3, 0.4) is 0 Å². The Morgan fingerprint density at radius 2 is 1.90 bits per heavy atom. The molecule has 1 aromatic rings. The van der Waals surface area contributed by atoms with Gasteiger partial charge in [0.15, 0.2) is 0 Å². The maximum absolute atomic E-state index is 10.2. The third kappa shape index (κ3) is 3.81. The number of likely N-dealkylation sites (tertiary alicyclic amines) is 1. The van der Waals surface area contributed by atoms with Gasteiger partial charge in [-0.05, 0) is 31.9 Å². The molecule has 0 aliphatic carbocycles. The zero-order valence-corrected chi connectivity index (χ0v) is 12.4. The molecule has 0 aromatic heterocycles. The lowest BCUT2D eigenvalue weighted by Gasteiger charge is -2.48. The Balaban J connectivity index is 1.94. The second-order valence-electron chi connectivity index (χ2n) is 6.10. The standard InChI is InChI=1S/C16H25NO4/c1-16(21)11-17(13(10-18)14(19)15(16)20)9-5-8-12-6-3-2-4-7-12/h2-4,6-7,13-15,18-21H,5,8-11H2,1H3/t13-,14-,15+,16+/m1/s1. The Morgan fingerprint density at radius 3 is 2.52 bits per heavy atom. The van der Waals surface area contributed by atoms with E-state index in [4.69, 9.17) is 0 Å². The van der Waals surface area contributed by atoms with Crippen molar-refractivity contribution in [3.63, 3.8) is 0 Å². The fourth-order valence-corrected chi connectivity index (χ4v) is 3.02. The van der Waals surface area contributed by atoms with Gasteiger partial charge >= 0.3 is 0 Å². The van der Waals surface area contributed by atoms with E-state index in [0.717, 1.165) is 12.8 Å². The first kappa shape index (κ1) is 16.4. The molecule has 5 heteroatoms. The molecule has 0 bridgehead atoms. The zero-order chi connectivity index (χ0) is 15.5. The molecule has 1 fully saturated rings. The summed E-state index contributed by atoms with van der Waals surface area (Å²) in [6.45, 7) is 2.17. The molecule has 4 N–H and O–H groups in total. The molecule has 4 atom stereocenters. The number of aliphatic hydroxyl groups excluding tert-OH is 3. The summed E-state index contributed by atoms with van der Waals surface area (Å²) in [7, 11) is 0. The van der Waals surface area contributed by atoms with Gasteiger partial charge in [0.25, 0.3) is 0 Å². The number of hydrogen-bond donors (Lipinski definition) is 4. The highest BCUT2D eigenvalue weighted by Crippen LogP contribution is 2.26. The maximum atomic E-state index is 10.2. The van der Waals surface area contributed by atoms with E-state index in [2.05, 4.69) is 12.1 Å². The molecule has 1 aliphatic heterocycles. The van der Waals surface area contributed by atoms with Gasteiger partial charge in [-0.3, -0.25) is 4.90 Å². The first-order valence-electron chi connectivity index (χ1n) is 7.43. The molecule has 0 spiro atoms. The lowest BCUT2D eigenvalue weighted by Crippen LogP contribution is -2.67. The molecular weight excluding hydrogens is 270 g/mol. The van der Waals surface area contributed by atoms with Crippen molar-refractivity contribution in [3.05, 3.63) is 35.9 Å². The molecule has 1 aromatic carbocycles. The Morgan fingerprint density at radius 1 is 1.24 bits per heavy atom. The van der Waals surface area contributed by atoms with Crippen molar-refractivity contribution < 1.29 is 20.4 Å². The number of aliphatic hydroxyl groups is 4. The minimum Gasteiger partial charge on any atom is -0.395 e. The first-order valence-corrected chi connectivity index (χ1v) is 7.43. The Bertz CT molecular complexity index is 437. The second kappa shape index (κ2) is 6.85. The van der Waals surface area contributed by atoms with Gasteiger partial charge in [0.05, 0.1) is 12.6 Å². The van der Waals surface area contributed by atoms with E-state index < -0.39 is 23.9 Å². The SMILES string of the molecule is C[C@]1(O)CN(CCCc2ccccc2)[C@H](CO)[C@@H](O)[C@@H]1O. The van der Waals surface area contributed by atoms with E-state index in [1.54, 1.807) is 0 Å². The second-order valence-corrected chi connectivity index (χ2v) is 6.10. The van der Waals surface area contributed by atoms with Crippen molar-refractivity contribution in [2.45, 2.75) is 43.6 Å². The van der Waals surface area contributed by atoms with E-state index in [0.29, 0.717) is 6.54 Å². The molecule has 0 radical (unpaired) electrons. The maximum Gasteiger partial charge on any atom is 0.111 e. The molecule has 21 heavy (non-hydrogen) atoms. The summed E-state index contributed by atoms with van der Waals surface area (Å²) < 4.78 is 0. The Hall–Kier alpha value is -0.980. The minimum absolute atomic E-state index is 0.236. The van der Waals surface area contributed by atoms with Gasteiger partial charge in [-0.15, -0.1) is 0 Å². The van der Waals surface area contributed by atoms with Crippen molar-refractivity contribution in [3.8, 4) is 0 Å². The van der Waals surface area contributed by atoms with Gasteiger partial charge in [0.2, 0.25) is 0 Å². The quantitative estimate of drug-likeness (QED) is 0.603. The third-order valence-electron chi connectivity index (χ3n) is 4.29. The van der Waals surface area contributed by atoms with Gasteiger partial charge in [-0.25, -0.2) is 0 Å². The molecule has 0 saturated carbocycles. The number of piperidine rings is 1. The van der Waals surface area contributed by atoms with Crippen LogP contribution in [0.15, 0.2) is 30.3 Å². The van der Waals surface area contributed by atoms with Crippen LogP contribution >= 0.6 is 0 Å². The van der Waals surface area contributed by atoms with Gasteiger partial charge < -0.3 is 20.4 Å². The van der Waals surface area contributed by atoms with Crippen LogP contribution in [0.2, 0.25) is 0 Å². The van der Waals surface area contributed by atoms with Crippen molar-refractivity contribution in [1.29, 1.82) is 0 Å². The highest BCUT2D eigenvalue weighted by atomic mass is 16.4. The molecule has 0 unspecified atom stereocenters. The lowest BCUT2D eigenvalue weighted by atomic mass is 9.85. The first-order chi connectivity index (χ1) is 9.95. The predicted octanol–water partition coefficient (Wildman–Crippen LogP) is -0.232. The van der Waals surface area contributed by atoms with Crippen LogP contribution in [0.1, 0.15) is 18.9 Å². The highest BCUT2D eigenvalue weighted by molar-refractivity contribution is 5.14. The van der Waals surface area contributed by atoms with Crippen molar-refractivity contribution in [2.24, 2.45) is 0 Å². The molecule has 0 amide bonds. The van der Waals surface area contributed by atoms with E-state index in [1.165, 1.54) is 12.5 Å². The summed E-state index contributed by atoms with van der Waals surface area (Å²) in [5.41, 5.74) is -0.125. The fourth-order valence-electron chi connectivity index (χ4n) is 3.02. The minimum atomic E-state index is -1.36. The van der Waals surface area contributed by atoms with E-state index in [9.17, 15) is 20.4 Å². The molecule has 2 rings (SSSR count). The van der Waals surface area contributed by atoms with Crippen LogP contribution in [0.5, 0.6) is 0 Å². The number of β-amino-alcohol motifs (C(OH)–C–C–N with tert-alkyl or cyclic N) is 1. The summed E-state index contributed by atoms with van der Waals surface area (Å²) >= 11 is 0. The number of aryl methyl sites for hydroxylation is 1. The monoisotopic (exact) mass is 295 g/mol. The van der Waals surface area contributed by atoms with Gasteiger partial charge in [0, 0.05) is 6.54 Å². The number of hydrogen-bond acceptors (Lipinski definition) is 5. The van der Waals surface area contributed by atoms with E-state index >= 15 is 0 Å². The normalized spacial score (nSPS) is 34.0. The number of nitrogens with zero attached hydrogens (tertiary/aromatic N) is 1. The number of rotatable bonds is 5. The zero-order valence-electron chi connectivity index (χ0n) is 12.4. The molecule has 1 aliphatic rings. The summed E-state index contributed by atoms with van der Waals surface area (Å²) in [4.78, 5) is 1.86. The average Bonchev–Trinajstić information content (AvgIpc) is 2.46. The summed E-state index contributed by atoms with van der Waals surface area (Å²) in [6, 6.07) is 9.57. The van der Waals surface area contributed by atoms with Gasteiger partial charge in [0.1, 0.15) is 17.8 Å². The van der Waals surface area contributed by atoms with Crippen molar-refractivity contribution >= 4 is 0 Å². The highest BCUT2D eigenvalue weighted by Gasteiger charge is 2.47. The van der Waals surface area contributed by atoms with Gasteiger partial charge in [-0.1, -0.05) is 30.3 Å². The largest absolute Gasteiger partial charge is 0.395 e. The Kier molecular flexibility index (Phi) is 5.35. The molecule has 1 saturated heterocycles. The van der Waals surface area contributed by atoms with Crippen molar-refractivity contribution in [1.82, 2.24) is 4.90 Å². The predicted molar refractivity (Wildman–Crippen MR) is 79.8 cm³/mol. The molecular formula is C16H25NO4. The van der Waals surface area contributed by atoms with Crippen LogP contribution < -0.4 is 0 Å². The number of benzene rings is 1. The van der Waals surface area contributed by atoms with Crippen LogP contribution in [-0.2, 0) is 6.42 Å². The average molecular weight is 295 g/mol. The van der Waals surface area contributed by atoms with Gasteiger partial charge in [-0.2, -0.15) is 0 Å². The van der Waals surface area contributed by atoms with Crippen LogP contribution in [0.4, 0.5) is 0 Å². The smallest absolute Gasteiger partial charge is 0.111 e. The fraction of sp³-hybridized carbons (Fsp3) is 0.625. The van der Waals surface area contributed by atoms with Crippen LogP contribution in [-0.4, -0.2) is 68.9 Å². The van der Waals surface area contributed by atoms with E-state index in [-0.39, 0.29) is 13.2 Å². The molecule has 1 heterocycles.